The minimum absolute atomic E-state index is 0.233. The Hall–Kier alpha value is -1.31. The van der Waals surface area contributed by atoms with Gasteiger partial charge in [-0.1, -0.05) is 6.92 Å². The third-order valence-electron chi connectivity index (χ3n) is 4.61. The van der Waals surface area contributed by atoms with Gasteiger partial charge < -0.3 is 9.47 Å². The van der Waals surface area contributed by atoms with Crippen molar-refractivity contribution in [2.75, 3.05) is 33.9 Å². The molecule has 1 N–H and O–H groups in total. The Kier molecular flexibility index (Phi) is 6.48. The Morgan fingerprint density at radius 3 is 2.29 bits per heavy atom. The molecule has 1 aliphatic rings. The van der Waals surface area contributed by atoms with Gasteiger partial charge in [0.15, 0.2) is 11.5 Å². The van der Waals surface area contributed by atoms with Gasteiger partial charge in [-0.2, -0.15) is 0 Å². The molecule has 1 aromatic carbocycles. The summed E-state index contributed by atoms with van der Waals surface area (Å²) in [6.07, 6.45) is 3.31. The van der Waals surface area contributed by atoms with Crippen LogP contribution in [0.4, 0.5) is 0 Å². The van der Waals surface area contributed by atoms with Crippen LogP contribution < -0.4 is 14.2 Å². The number of nitrogens with one attached hydrogen (secondary N) is 1. The Morgan fingerprint density at radius 2 is 1.75 bits per heavy atom. The fourth-order valence-electron chi connectivity index (χ4n) is 3.17. The van der Waals surface area contributed by atoms with Crippen LogP contribution in [0.5, 0.6) is 11.5 Å². The number of ether oxygens (including phenoxy) is 2. The van der Waals surface area contributed by atoms with E-state index in [0.29, 0.717) is 23.6 Å². The number of nitrogens with zero attached hydrogens (tertiary/aromatic N) is 1. The predicted molar refractivity (Wildman–Crippen MR) is 94.4 cm³/mol. The third kappa shape index (κ3) is 4.20. The quantitative estimate of drug-likeness (QED) is 0.773. The van der Waals surface area contributed by atoms with E-state index in [1.165, 1.54) is 33.1 Å². The second-order valence-electron chi connectivity index (χ2n) is 6.13. The van der Waals surface area contributed by atoms with Crippen LogP contribution in [0.1, 0.15) is 31.7 Å². The van der Waals surface area contributed by atoms with Crippen LogP contribution in [0.25, 0.3) is 0 Å². The zero-order valence-corrected chi connectivity index (χ0v) is 15.8. The molecule has 0 amide bonds. The van der Waals surface area contributed by atoms with Crippen molar-refractivity contribution >= 4 is 10.0 Å². The highest BCUT2D eigenvalue weighted by Crippen LogP contribution is 2.32. The molecule has 1 aromatic rings. The van der Waals surface area contributed by atoms with Crippen molar-refractivity contribution in [2.24, 2.45) is 0 Å². The molecule has 2 rings (SSSR count). The standard InChI is InChI=1S/C17H28N2O4S/c1-5-14(19-8-6-7-9-19)12-18-24(20,21)17-11-16(23-4)15(22-3)10-13(17)2/h10-11,14,18H,5-9,12H2,1-4H3/t14-/m1/s1. The molecule has 0 radical (unpaired) electrons. The lowest BCUT2D eigenvalue weighted by molar-refractivity contribution is 0.237. The third-order valence-corrected chi connectivity index (χ3v) is 6.17. The summed E-state index contributed by atoms with van der Waals surface area (Å²) in [5, 5.41) is 0. The van der Waals surface area contributed by atoms with Crippen LogP contribution in [-0.4, -0.2) is 53.2 Å². The first kappa shape index (κ1) is 19.0. The van der Waals surface area contributed by atoms with Crippen LogP contribution in [0.2, 0.25) is 0 Å². The summed E-state index contributed by atoms with van der Waals surface area (Å²) in [7, 11) is -0.565. The average molecular weight is 356 g/mol. The number of hydrogen-bond donors (Lipinski definition) is 1. The zero-order chi connectivity index (χ0) is 17.7. The molecular weight excluding hydrogens is 328 g/mol. The summed E-state index contributed by atoms with van der Waals surface area (Å²) in [6, 6.07) is 3.45. The fourth-order valence-corrected chi connectivity index (χ4v) is 4.49. The molecular formula is C17H28N2O4S. The van der Waals surface area contributed by atoms with Gasteiger partial charge in [0.25, 0.3) is 0 Å². The first-order chi connectivity index (χ1) is 11.4. The maximum Gasteiger partial charge on any atom is 0.241 e. The monoisotopic (exact) mass is 356 g/mol. The summed E-state index contributed by atoms with van der Waals surface area (Å²) >= 11 is 0. The van der Waals surface area contributed by atoms with E-state index in [1.807, 2.05) is 0 Å². The van der Waals surface area contributed by atoms with Gasteiger partial charge in [-0.25, -0.2) is 13.1 Å². The van der Waals surface area contributed by atoms with E-state index in [-0.39, 0.29) is 10.9 Å². The molecule has 0 spiro atoms. The molecule has 1 fully saturated rings. The van der Waals surface area contributed by atoms with Crippen molar-refractivity contribution in [3.63, 3.8) is 0 Å². The van der Waals surface area contributed by atoms with Crippen LogP contribution in [0, 0.1) is 6.92 Å². The van der Waals surface area contributed by atoms with Gasteiger partial charge >= 0.3 is 0 Å². The highest BCUT2D eigenvalue weighted by atomic mass is 32.2. The minimum Gasteiger partial charge on any atom is -0.493 e. The highest BCUT2D eigenvalue weighted by Gasteiger charge is 2.24. The maximum absolute atomic E-state index is 12.7. The van der Waals surface area contributed by atoms with E-state index in [2.05, 4.69) is 16.5 Å². The Balaban J connectivity index is 2.17. The van der Waals surface area contributed by atoms with Crippen molar-refractivity contribution < 1.29 is 17.9 Å². The largest absolute Gasteiger partial charge is 0.493 e. The van der Waals surface area contributed by atoms with E-state index in [1.54, 1.807) is 13.0 Å². The maximum atomic E-state index is 12.7. The number of benzene rings is 1. The molecule has 0 unspecified atom stereocenters. The molecule has 6 nitrogen and oxygen atoms in total. The van der Waals surface area contributed by atoms with Crippen LogP contribution >= 0.6 is 0 Å². The second kappa shape index (κ2) is 8.18. The van der Waals surface area contributed by atoms with Gasteiger partial charge in [0.2, 0.25) is 10.0 Å². The van der Waals surface area contributed by atoms with Crippen molar-refractivity contribution in [1.29, 1.82) is 0 Å². The molecule has 24 heavy (non-hydrogen) atoms. The van der Waals surface area contributed by atoms with Gasteiger partial charge in [-0.05, 0) is 50.9 Å². The van der Waals surface area contributed by atoms with E-state index in [9.17, 15) is 8.42 Å². The Morgan fingerprint density at radius 1 is 1.17 bits per heavy atom. The molecule has 1 atom stereocenters. The normalized spacial score (nSPS) is 17.0. The number of rotatable bonds is 8. The lowest BCUT2D eigenvalue weighted by atomic mass is 10.2. The Bertz CT molecular complexity index is 655. The first-order valence-corrected chi connectivity index (χ1v) is 9.87. The summed E-state index contributed by atoms with van der Waals surface area (Å²) < 4.78 is 38.7. The van der Waals surface area contributed by atoms with Crippen molar-refractivity contribution in [1.82, 2.24) is 9.62 Å². The summed E-state index contributed by atoms with van der Waals surface area (Å²) in [4.78, 5) is 2.60. The number of methoxy groups -OCH3 is 2. The molecule has 0 bridgehead atoms. The highest BCUT2D eigenvalue weighted by molar-refractivity contribution is 7.89. The van der Waals surface area contributed by atoms with Crippen LogP contribution in [0.3, 0.4) is 0 Å². The molecule has 1 saturated heterocycles. The molecule has 1 heterocycles. The van der Waals surface area contributed by atoms with Gasteiger partial charge in [-0.3, -0.25) is 4.90 Å². The Labute approximate surface area is 145 Å². The first-order valence-electron chi connectivity index (χ1n) is 8.39. The van der Waals surface area contributed by atoms with Crippen molar-refractivity contribution in [3.05, 3.63) is 17.7 Å². The van der Waals surface area contributed by atoms with E-state index in [0.717, 1.165) is 19.5 Å². The second-order valence-corrected chi connectivity index (χ2v) is 7.87. The molecule has 0 aromatic heterocycles. The predicted octanol–water partition coefficient (Wildman–Crippen LogP) is 2.16. The van der Waals surface area contributed by atoms with Gasteiger partial charge in [-0.15, -0.1) is 0 Å². The molecule has 1 aliphatic heterocycles. The van der Waals surface area contributed by atoms with Gasteiger partial charge in [0.1, 0.15) is 0 Å². The smallest absolute Gasteiger partial charge is 0.241 e. The number of aryl methyl sites for hydroxylation is 1. The van der Waals surface area contributed by atoms with Gasteiger partial charge in [0.05, 0.1) is 19.1 Å². The minimum atomic E-state index is -3.60. The van der Waals surface area contributed by atoms with Crippen LogP contribution in [0.15, 0.2) is 17.0 Å². The van der Waals surface area contributed by atoms with E-state index in [4.69, 9.17) is 9.47 Å². The van der Waals surface area contributed by atoms with Crippen LogP contribution in [-0.2, 0) is 10.0 Å². The molecule has 7 heteroatoms. The number of likely N-dealkylation sites (tertiary alicyclic amines) is 1. The van der Waals surface area contributed by atoms with Crippen molar-refractivity contribution in [2.45, 2.75) is 44.0 Å². The van der Waals surface area contributed by atoms with Gasteiger partial charge in [0, 0.05) is 18.7 Å². The van der Waals surface area contributed by atoms with Crippen molar-refractivity contribution in [3.8, 4) is 11.5 Å². The summed E-state index contributed by atoms with van der Waals surface area (Å²) in [5.41, 5.74) is 0.634. The van der Waals surface area contributed by atoms with E-state index < -0.39 is 10.0 Å². The topological polar surface area (TPSA) is 67.9 Å². The lowest BCUT2D eigenvalue weighted by Crippen LogP contribution is -2.42. The summed E-state index contributed by atoms with van der Waals surface area (Å²) in [6.45, 7) is 6.38. The lowest BCUT2D eigenvalue weighted by Gasteiger charge is -2.26. The average Bonchev–Trinajstić information content (AvgIpc) is 3.09. The molecule has 0 aliphatic carbocycles. The SMILES string of the molecule is CC[C@H](CNS(=O)(=O)c1cc(OC)c(OC)cc1C)N1CCCC1. The summed E-state index contributed by atoms with van der Waals surface area (Å²) in [5.74, 6) is 0.938. The van der Waals surface area contributed by atoms with E-state index >= 15 is 0 Å². The zero-order valence-electron chi connectivity index (χ0n) is 15.0. The number of sulfonamides is 1. The fraction of sp³-hybridized carbons (Fsp3) is 0.647. The number of hydrogen-bond acceptors (Lipinski definition) is 5. The molecule has 0 saturated carbocycles. The molecule has 136 valence electrons.